The molecular weight excluding hydrogens is 494 g/mol. The number of benzene rings is 1. The number of nitrogens with zero attached hydrogens (tertiary/aromatic N) is 2. The summed E-state index contributed by atoms with van der Waals surface area (Å²) in [5.41, 5.74) is 4.69. The molecule has 0 radical (unpaired) electrons. The number of nitrogens with one attached hydrogen (secondary N) is 1. The Balaban J connectivity index is 1.56. The first-order valence-corrected chi connectivity index (χ1v) is 13.1. The van der Waals surface area contributed by atoms with E-state index in [-0.39, 0.29) is 23.3 Å². The summed E-state index contributed by atoms with van der Waals surface area (Å²) in [5.74, 6) is 0.118. The summed E-state index contributed by atoms with van der Waals surface area (Å²) in [6, 6.07) is 8.45. The highest BCUT2D eigenvalue weighted by Gasteiger charge is 2.40. The Hall–Kier alpha value is -1.96. The Kier molecular flexibility index (Phi) is 8.27. The van der Waals surface area contributed by atoms with Crippen molar-refractivity contribution < 1.29 is 9.53 Å². The molecule has 0 spiro atoms. The predicted octanol–water partition coefficient (Wildman–Crippen LogP) is 3.92. The monoisotopic (exact) mass is 529 g/mol. The number of piperidine rings is 1. The highest BCUT2D eigenvalue weighted by molar-refractivity contribution is 9.10. The molecular formula is C27H36BrN3O3. The number of halogens is 1. The lowest BCUT2D eigenvalue weighted by atomic mass is 9.80. The van der Waals surface area contributed by atoms with Gasteiger partial charge in [0.15, 0.2) is 0 Å². The Morgan fingerprint density at radius 1 is 1.26 bits per heavy atom. The van der Waals surface area contributed by atoms with Crippen LogP contribution in [0.4, 0.5) is 0 Å². The lowest BCUT2D eigenvalue weighted by Crippen LogP contribution is -2.47. The maximum absolute atomic E-state index is 13.9. The van der Waals surface area contributed by atoms with Crippen molar-refractivity contribution in [2.75, 3.05) is 26.8 Å². The second kappa shape index (κ2) is 11.2. The Bertz CT molecular complexity index is 1080. The average Bonchev–Trinajstić information content (AvgIpc) is 3.67. The SMILES string of the molecule is COCCCc1cc(CN(C(=O)[C@H]2CNCC[C@@H]2c2ccn(C)c(=O)c2)C2CC2)cc(Br)c1C. The van der Waals surface area contributed by atoms with Crippen molar-refractivity contribution in [2.45, 2.75) is 57.5 Å². The van der Waals surface area contributed by atoms with Crippen LogP contribution in [0.5, 0.6) is 0 Å². The van der Waals surface area contributed by atoms with Gasteiger partial charge in [0.1, 0.15) is 0 Å². The number of aryl methyl sites for hydroxylation is 2. The number of rotatable bonds is 9. The normalized spacial score (nSPS) is 20.4. The summed E-state index contributed by atoms with van der Waals surface area (Å²) in [6.45, 7) is 5.03. The quantitative estimate of drug-likeness (QED) is 0.500. The van der Waals surface area contributed by atoms with Crippen LogP contribution in [0.1, 0.15) is 53.9 Å². The summed E-state index contributed by atoms with van der Waals surface area (Å²) in [7, 11) is 3.49. The maximum Gasteiger partial charge on any atom is 0.250 e. The molecule has 1 saturated heterocycles. The van der Waals surface area contributed by atoms with Crippen LogP contribution in [-0.2, 0) is 29.5 Å². The molecule has 2 heterocycles. The highest BCUT2D eigenvalue weighted by atomic mass is 79.9. The van der Waals surface area contributed by atoms with Crippen LogP contribution in [0, 0.1) is 12.8 Å². The Morgan fingerprint density at radius 3 is 2.76 bits per heavy atom. The molecule has 7 heteroatoms. The third-order valence-corrected chi connectivity index (χ3v) is 8.11. The van der Waals surface area contributed by atoms with E-state index in [1.54, 1.807) is 24.8 Å². The molecule has 1 N–H and O–H groups in total. The molecule has 34 heavy (non-hydrogen) atoms. The molecule has 1 aromatic heterocycles. The zero-order valence-corrected chi connectivity index (χ0v) is 22.1. The number of carbonyl (C=O) groups is 1. The molecule has 4 rings (SSSR count). The van der Waals surface area contributed by atoms with Crippen molar-refractivity contribution in [3.8, 4) is 0 Å². The minimum absolute atomic E-state index is 0.0215. The number of aromatic nitrogens is 1. The first-order chi connectivity index (χ1) is 16.4. The smallest absolute Gasteiger partial charge is 0.250 e. The lowest BCUT2D eigenvalue weighted by molar-refractivity contribution is -0.138. The molecule has 0 unspecified atom stereocenters. The minimum atomic E-state index is -0.156. The van der Waals surface area contributed by atoms with Gasteiger partial charge < -0.3 is 19.5 Å². The number of pyridine rings is 1. The van der Waals surface area contributed by atoms with E-state index in [1.165, 1.54) is 16.7 Å². The number of amides is 1. The zero-order chi connectivity index (χ0) is 24.2. The van der Waals surface area contributed by atoms with E-state index in [0.717, 1.165) is 55.3 Å². The molecule has 1 saturated carbocycles. The van der Waals surface area contributed by atoms with Crippen LogP contribution in [0.15, 0.2) is 39.7 Å². The van der Waals surface area contributed by atoms with Gasteiger partial charge in [0, 0.05) is 56.6 Å². The van der Waals surface area contributed by atoms with E-state index in [2.05, 4.69) is 45.2 Å². The van der Waals surface area contributed by atoms with Gasteiger partial charge in [-0.1, -0.05) is 22.0 Å². The molecule has 1 aliphatic heterocycles. The van der Waals surface area contributed by atoms with Crippen LogP contribution in [0.25, 0.3) is 0 Å². The van der Waals surface area contributed by atoms with Gasteiger partial charge in [-0.15, -0.1) is 0 Å². The average molecular weight is 531 g/mol. The number of ether oxygens (including phenoxy) is 1. The van der Waals surface area contributed by atoms with Crippen molar-refractivity contribution in [2.24, 2.45) is 13.0 Å². The maximum atomic E-state index is 13.9. The van der Waals surface area contributed by atoms with E-state index in [0.29, 0.717) is 19.1 Å². The van der Waals surface area contributed by atoms with Gasteiger partial charge >= 0.3 is 0 Å². The second-order valence-corrected chi connectivity index (χ2v) is 10.6. The Morgan fingerprint density at radius 2 is 2.06 bits per heavy atom. The molecule has 1 aliphatic carbocycles. The van der Waals surface area contributed by atoms with Gasteiger partial charge in [-0.25, -0.2) is 0 Å². The van der Waals surface area contributed by atoms with E-state index >= 15 is 0 Å². The van der Waals surface area contributed by atoms with Crippen molar-refractivity contribution in [1.82, 2.24) is 14.8 Å². The van der Waals surface area contributed by atoms with Crippen LogP contribution in [0.2, 0.25) is 0 Å². The standard InChI is InChI=1S/C27H36BrN3O3/c1-18-20(5-4-12-34-3)13-19(14-25(18)28)17-31(22-6-7-22)27(33)24-16-29-10-8-23(24)21-9-11-30(2)26(32)15-21/h9,11,13-15,22-24,29H,4-8,10,12,16-17H2,1-3H3/t23-,24+/m1/s1. The molecule has 2 fully saturated rings. The van der Waals surface area contributed by atoms with Gasteiger partial charge in [0.05, 0.1) is 5.92 Å². The molecule has 1 aromatic carbocycles. The fraction of sp³-hybridized carbons (Fsp3) is 0.556. The summed E-state index contributed by atoms with van der Waals surface area (Å²) < 4.78 is 7.91. The van der Waals surface area contributed by atoms with Gasteiger partial charge in [-0.05, 0) is 85.9 Å². The van der Waals surface area contributed by atoms with E-state index in [1.807, 2.05) is 12.3 Å². The van der Waals surface area contributed by atoms with E-state index < -0.39 is 0 Å². The van der Waals surface area contributed by atoms with Crippen LogP contribution >= 0.6 is 15.9 Å². The van der Waals surface area contributed by atoms with Gasteiger partial charge in [-0.3, -0.25) is 9.59 Å². The summed E-state index contributed by atoms with van der Waals surface area (Å²) in [4.78, 5) is 28.3. The topological polar surface area (TPSA) is 63.6 Å². The molecule has 1 amide bonds. The van der Waals surface area contributed by atoms with Gasteiger partial charge in [0.25, 0.3) is 5.56 Å². The third kappa shape index (κ3) is 5.81. The first kappa shape index (κ1) is 25.1. The van der Waals surface area contributed by atoms with E-state index in [9.17, 15) is 9.59 Å². The highest BCUT2D eigenvalue weighted by Crippen LogP contribution is 2.36. The van der Waals surface area contributed by atoms with Crippen LogP contribution in [0.3, 0.4) is 0 Å². The van der Waals surface area contributed by atoms with Crippen molar-refractivity contribution in [3.05, 3.63) is 67.5 Å². The molecule has 0 bridgehead atoms. The van der Waals surface area contributed by atoms with Gasteiger partial charge in [-0.2, -0.15) is 0 Å². The van der Waals surface area contributed by atoms with Crippen molar-refractivity contribution in [1.29, 1.82) is 0 Å². The summed E-state index contributed by atoms with van der Waals surface area (Å²) in [6.07, 6.45) is 6.74. The summed E-state index contributed by atoms with van der Waals surface area (Å²) in [5, 5.41) is 3.42. The number of hydrogen-bond donors (Lipinski definition) is 1. The fourth-order valence-electron chi connectivity index (χ4n) is 5.05. The van der Waals surface area contributed by atoms with Crippen LogP contribution < -0.4 is 10.9 Å². The van der Waals surface area contributed by atoms with Gasteiger partial charge in [0.2, 0.25) is 5.91 Å². The molecule has 6 nitrogen and oxygen atoms in total. The van der Waals surface area contributed by atoms with Crippen molar-refractivity contribution in [3.63, 3.8) is 0 Å². The molecule has 2 aromatic rings. The van der Waals surface area contributed by atoms with Crippen molar-refractivity contribution >= 4 is 21.8 Å². The third-order valence-electron chi connectivity index (χ3n) is 7.29. The number of methoxy groups -OCH3 is 1. The van der Waals surface area contributed by atoms with E-state index in [4.69, 9.17) is 4.74 Å². The first-order valence-electron chi connectivity index (χ1n) is 12.3. The Labute approximate surface area is 210 Å². The molecule has 2 aliphatic rings. The largest absolute Gasteiger partial charge is 0.385 e. The number of hydrogen-bond acceptors (Lipinski definition) is 4. The fourth-order valence-corrected chi connectivity index (χ4v) is 5.60. The second-order valence-electron chi connectivity index (χ2n) is 9.77. The molecule has 2 atom stereocenters. The lowest BCUT2D eigenvalue weighted by Gasteiger charge is -2.36. The zero-order valence-electron chi connectivity index (χ0n) is 20.5. The number of carbonyl (C=O) groups excluding carboxylic acids is 1. The predicted molar refractivity (Wildman–Crippen MR) is 138 cm³/mol. The summed E-state index contributed by atoms with van der Waals surface area (Å²) >= 11 is 3.74. The molecule has 184 valence electrons. The minimum Gasteiger partial charge on any atom is -0.385 e. The van der Waals surface area contributed by atoms with Crippen LogP contribution in [-0.4, -0.2) is 48.2 Å².